The number of aliphatic hydroxyl groups excluding tert-OH is 1. The number of benzene rings is 1. The third-order valence-corrected chi connectivity index (χ3v) is 4.46. The highest BCUT2D eigenvalue weighted by molar-refractivity contribution is 5.45. The van der Waals surface area contributed by atoms with Gasteiger partial charge in [-0.25, -0.2) is 0 Å². The van der Waals surface area contributed by atoms with Crippen LogP contribution in [-0.4, -0.2) is 32.0 Å². The maximum atomic E-state index is 9.92. The summed E-state index contributed by atoms with van der Waals surface area (Å²) < 4.78 is 10.7. The molecule has 1 atom stereocenters. The van der Waals surface area contributed by atoms with Gasteiger partial charge < -0.3 is 19.9 Å². The van der Waals surface area contributed by atoms with Crippen LogP contribution >= 0.6 is 0 Å². The molecule has 0 bridgehead atoms. The molecule has 1 aliphatic carbocycles. The molecule has 2 N–H and O–H groups in total. The lowest BCUT2D eigenvalue weighted by atomic mass is 9.88. The summed E-state index contributed by atoms with van der Waals surface area (Å²) in [5, 5.41) is 13.6. The molecule has 118 valence electrons. The predicted molar refractivity (Wildman–Crippen MR) is 84.0 cm³/mol. The van der Waals surface area contributed by atoms with E-state index in [9.17, 15) is 5.11 Å². The fraction of sp³-hybridized carbons (Fsp3) is 0.647. The number of ether oxygens (including phenoxy) is 2. The summed E-state index contributed by atoms with van der Waals surface area (Å²) in [6, 6.07) is 6.31. The highest BCUT2D eigenvalue weighted by Gasteiger charge is 2.30. The Kier molecular flexibility index (Phi) is 5.48. The molecule has 1 fully saturated rings. The number of aliphatic hydroxyl groups is 1. The number of hydrogen-bond donors (Lipinski definition) is 2. The maximum Gasteiger partial charge on any atom is 0.161 e. The molecule has 1 aromatic rings. The zero-order valence-electron chi connectivity index (χ0n) is 13.3. The predicted octanol–water partition coefficient (Wildman–Crippen LogP) is 2.83. The SMILES string of the molecule is COc1ccc(C(C)(CO)NC2CCCCC2)cc1OC. The van der Waals surface area contributed by atoms with Gasteiger partial charge in [-0.2, -0.15) is 0 Å². The smallest absolute Gasteiger partial charge is 0.161 e. The van der Waals surface area contributed by atoms with Gasteiger partial charge in [-0.15, -0.1) is 0 Å². The van der Waals surface area contributed by atoms with Gasteiger partial charge in [-0.05, 0) is 37.5 Å². The molecule has 4 nitrogen and oxygen atoms in total. The summed E-state index contributed by atoms with van der Waals surface area (Å²) in [4.78, 5) is 0. The normalized spacial score (nSPS) is 19.0. The first kappa shape index (κ1) is 16.1. The van der Waals surface area contributed by atoms with Gasteiger partial charge in [0.05, 0.1) is 26.4 Å². The van der Waals surface area contributed by atoms with Gasteiger partial charge in [0, 0.05) is 6.04 Å². The fourth-order valence-electron chi connectivity index (χ4n) is 3.10. The second-order valence-electron chi connectivity index (χ2n) is 6.04. The first-order valence-electron chi connectivity index (χ1n) is 7.74. The molecule has 1 unspecified atom stereocenters. The Bertz CT molecular complexity index is 457. The molecule has 0 amide bonds. The van der Waals surface area contributed by atoms with Crippen molar-refractivity contribution in [3.05, 3.63) is 23.8 Å². The first-order valence-corrected chi connectivity index (χ1v) is 7.74. The van der Waals surface area contributed by atoms with Crippen molar-refractivity contribution in [1.82, 2.24) is 5.32 Å². The van der Waals surface area contributed by atoms with Crippen molar-refractivity contribution in [3.63, 3.8) is 0 Å². The van der Waals surface area contributed by atoms with Gasteiger partial charge in [0.25, 0.3) is 0 Å². The third kappa shape index (κ3) is 3.69. The second kappa shape index (κ2) is 7.14. The zero-order valence-corrected chi connectivity index (χ0v) is 13.3. The van der Waals surface area contributed by atoms with E-state index in [0.717, 1.165) is 5.56 Å². The standard InChI is InChI=1S/C17H27NO3/c1-17(12-19,18-14-7-5-4-6-8-14)13-9-10-15(20-2)16(11-13)21-3/h9-11,14,18-19H,4-8,12H2,1-3H3. The van der Waals surface area contributed by atoms with Crippen molar-refractivity contribution < 1.29 is 14.6 Å². The number of methoxy groups -OCH3 is 2. The van der Waals surface area contributed by atoms with Crippen LogP contribution in [0, 0.1) is 0 Å². The maximum absolute atomic E-state index is 9.92. The van der Waals surface area contributed by atoms with Crippen LogP contribution in [0.4, 0.5) is 0 Å². The van der Waals surface area contributed by atoms with Gasteiger partial charge in [0.2, 0.25) is 0 Å². The molecule has 4 heteroatoms. The van der Waals surface area contributed by atoms with Crippen molar-refractivity contribution in [2.45, 2.75) is 50.6 Å². The van der Waals surface area contributed by atoms with Crippen molar-refractivity contribution in [3.8, 4) is 11.5 Å². The third-order valence-electron chi connectivity index (χ3n) is 4.46. The van der Waals surface area contributed by atoms with Crippen LogP contribution in [0.1, 0.15) is 44.6 Å². The number of hydrogen-bond acceptors (Lipinski definition) is 4. The van der Waals surface area contributed by atoms with E-state index >= 15 is 0 Å². The second-order valence-corrected chi connectivity index (χ2v) is 6.04. The van der Waals surface area contributed by atoms with E-state index in [1.165, 1.54) is 32.1 Å². The number of rotatable bonds is 6. The molecule has 1 aliphatic rings. The molecule has 1 aromatic carbocycles. The van der Waals surface area contributed by atoms with Crippen LogP contribution in [0.3, 0.4) is 0 Å². The van der Waals surface area contributed by atoms with E-state index in [2.05, 4.69) is 5.32 Å². The van der Waals surface area contributed by atoms with E-state index in [1.54, 1.807) is 14.2 Å². The molecule has 0 aromatic heterocycles. The Hall–Kier alpha value is -1.26. The largest absolute Gasteiger partial charge is 0.493 e. The minimum absolute atomic E-state index is 0.0545. The van der Waals surface area contributed by atoms with Crippen molar-refractivity contribution in [2.75, 3.05) is 20.8 Å². The van der Waals surface area contributed by atoms with Crippen LogP contribution in [0.5, 0.6) is 11.5 Å². The summed E-state index contributed by atoms with van der Waals surface area (Å²) in [5.41, 5.74) is 0.565. The Morgan fingerprint density at radius 2 is 1.81 bits per heavy atom. The Balaban J connectivity index is 2.21. The van der Waals surface area contributed by atoms with Crippen LogP contribution in [0.15, 0.2) is 18.2 Å². The minimum Gasteiger partial charge on any atom is -0.493 e. The summed E-state index contributed by atoms with van der Waals surface area (Å²) in [5.74, 6) is 1.40. The zero-order chi connectivity index (χ0) is 15.3. The van der Waals surface area contributed by atoms with Crippen LogP contribution in [-0.2, 0) is 5.54 Å². The van der Waals surface area contributed by atoms with Crippen molar-refractivity contribution in [1.29, 1.82) is 0 Å². The van der Waals surface area contributed by atoms with Crippen molar-refractivity contribution >= 4 is 0 Å². The average Bonchev–Trinajstić information content (AvgIpc) is 2.54. The molecule has 0 saturated heterocycles. The van der Waals surface area contributed by atoms with Gasteiger partial charge in [-0.3, -0.25) is 0 Å². The monoisotopic (exact) mass is 293 g/mol. The summed E-state index contributed by atoms with van der Waals surface area (Å²) in [6.45, 7) is 2.10. The fourth-order valence-corrected chi connectivity index (χ4v) is 3.10. The van der Waals surface area contributed by atoms with Gasteiger partial charge in [-0.1, -0.05) is 25.3 Å². The molecule has 0 aliphatic heterocycles. The average molecular weight is 293 g/mol. The molecule has 0 spiro atoms. The molecule has 2 rings (SSSR count). The van der Waals surface area contributed by atoms with Gasteiger partial charge in [0.15, 0.2) is 11.5 Å². The molecule has 1 saturated carbocycles. The molecular formula is C17H27NO3. The molecule has 0 radical (unpaired) electrons. The highest BCUT2D eigenvalue weighted by atomic mass is 16.5. The minimum atomic E-state index is -0.457. The van der Waals surface area contributed by atoms with Crippen molar-refractivity contribution in [2.24, 2.45) is 0 Å². The highest BCUT2D eigenvalue weighted by Crippen LogP contribution is 2.33. The topological polar surface area (TPSA) is 50.7 Å². The lowest BCUT2D eigenvalue weighted by Crippen LogP contribution is -2.49. The lowest BCUT2D eigenvalue weighted by Gasteiger charge is -2.36. The van der Waals surface area contributed by atoms with E-state index < -0.39 is 5.54 Å². The molecule has 21 heavy (non-hydrogen) atoms. The first-order chi connectivity index (χ1) is 10.1. The van der Waals surface area contributed by atoms with Gasteiger partial charge >= 0.3 is 0 Å². The quantitative estimate of drug-likeness (QED) is 0.847. The lowest BCUT2D eigenvalue weighted by molar-refractivity contribution is 0.150. The van der Waals surface area contributed by atoms with Gasteiger partial charge in [0.1, 0.15) is 0 Å². The number of nitrogens with one attached hydrogen (secondary N) is 1. The molecule has 0 heterocycles. The van der Waals surface area contributed by atoms with Crippen LogP contribution in [0.25, 0.3) is 0 Å². The summed E-state index contributed by atoms with van der Waals surface area (Å²) >= 11 is 0. The summed E-state index contributed by atoms with van der Waals surface area (Å²) in [7, 11) is 3.26. The van der Waals surface area contributed by atoms with E-state index in [-0.39, 0.29) is 6.61 Å². The van der Waals surface area contributed by atoms with E-state index in [4.69, 9.17) is 9.47 Å². The Morgan fingerprint density at radius 1 is 1.14 bits per heavy atom. The summed E-state index contributed by atoms with van der Waals surface area (Å²) in [6.07, 6.45) is 6.23. The van der Waals surface area contributed by atoms with E-state index in [1.807, 2.05) is 25.1 Å². The Morgan fingerprint density at radius 3 is 2.38 bits per heavy atom. The molecular weight excluding hydrogens is 266 g/mol. The van der Waals surface area contributed by atoms with Crippen LogP contribution < -0.4 is 14.8 Å². The van der Waals surface area contributed by atoms with E-state index in [0.29, 0.717) is 17.5 Å². The van der Waals surface area contributed by atoms with Crippen LogP contribution in [0.2, 0.25) is 0 Å². The Labute approximate surface area is 127 Å².